The van der Waals surface area contributed by atoms with Crippen molar-refractivity contribution in [2.24, 2.45) is 0 Å². The fourth-order valence-corrected chi connectivity index (χ4v) is 3.55. The minimum absolute atomic E-state index is 0.441. The fourth-order valence-electron chi connectivity index (χ4n) is 2.11. The number of hydrogen-bond donors (Lipinski definition) is 0. The van der Waals surface area contributed by atoms with Crippen molar-refractivity contribution < 1.29 is 4.74 Å². The lowest BCUT2D eigenvalue weighted by molar-refractivity contribution is 0.413. The smallest absolute Gasteiger partial charge is 0.135 e. The molecule has 2 aromatic heterocycles. The summed E-state index contributed by atoms with van der Waals surface area (Å²) < 4.78 is 6.21. The van der Waals surface area contributed by atoms with Crippen molar-refractivity contribution in [2.75, 3.05) is 7.11 Å². The minimum atomic E-state index is 0.441. The first-order valence-electron chi connectivity index (χ1n) is 6.69. The van der Waals surface area contributed by atoms with Gasteiger partial charge in [-0.05, 0) is 34.1 Å². The molecule has 21 heavy (non-hydrogen) atoms. The van der Waals surface area contributed by atoms with Gasteiger partial charge in [0.05, 0.1) is 33.5 Å². The summed E-state index contributed by atoms with van der Waals surface area (Å²) in [6, 6.07) is 8.03. The Morgan fingerprint density at radius 1 is 1.10 bits per heavy atom. The number of thiazole rings is 1. The van der Waals surface area contributed by atoms with E-state index in [1.54, 1.807) is 18.4 Å². The molecule has 0 N–H and O–H groups in total. The molecule has 2 heterocycles. The van der Waals surface area contributed by atoms with Crippen LogP contribution in [0.2, 0.25) is 0 Å². The van der Waals surface area contributed by atoms with E-state index in [0.29, 0.717) is 5.92 Å². The third-order valence-corrected chi connectivity index (χ3v) is 5.17. The summed E-state index contributed by atoms with van der Waals surface area (Å²) in [7, 11) is 1.66. The van der Waals surface area contributed by atoms with E-state index < -0.39 is 0 Å². The second-order valence-electron chi connectivity index (χ2n) is 5.08. The zero-order valence-electron chi connectivity index (χ0n) is 12.1. The van der Waals surface area contributed by atoms with Crippen molar-refractivity contribution in [3.8, 4) is 17.1 Å². The van der Waals surface area contributed by atoms with Crippen LogP contribution in [0.25, 0.3) is 22.3 Å². The van der Waals surface area contributed by atoms with Crippen molar-refractivity contribution in [2.45, 2.75) is 19.8 Å². The van der Waals surface area contributed by atoms with Gasteiger partial charge in [-0.3, -0.25) is 0 Å². The Bertz CT molecular complexity index is 798. The SMILES string of the molecule is COc1ccc2ccc(-c3csc(C(C)C)n3)nc2c1Br. The van der Waals surface area contributed by atoms with Crippen molar-refractivity contribution in [1.82, 2.24) is 9.97 Å². The van der Waals surface area contributed by atoms with Gasteiger partial charge in [0.2, 0.25) is 0 Å². The summed E-state index contributed by atoms with van der Waals surface area (Å²) in [6.45, 7) is 4.30. The number of rotatable bonds is 3. The fraction of sp³-hybridized carbons (Fsp3) is 0.250. The van der Waals surface area contributed by atoms with Gasteiger partial charge in [-0.15, -0.1) is 11.3 Å². The average molecular weight is 363 g/mol. The van der Waals surface area contributed by atoms with Crippen LogP contribution in [0.15, 0.2) is 34.1 Å². The Kier molecular flexibility index (Phi) is 3.95. The van der Waals surface area contributed by atoms with Gasteiger partial charge in [0.25, 0.3) is 0 Å². The zero-order valence-corrected chi connectivity index (χ0v) is 14.5. The van der Waals surface area contributed by atoms with Crippen LogP contribution < -0.4 is 4.74 Å². The van der Waals surface area contributed by atoms with Gasteiger partial charge in [0.15, 0.2) is 0 Å². The minimum Gasteiger partial charge on any atom is -0.495 e. The van der Waals surface area contributed by atoms with Crippen LogP contribution in [0.3, 0.4) is 0 Å². The molecule has 0 saturated carbocycles. The molecule has 0 spiro atoms. The Morgan fingerprint density at radius 3 is 2.52 bits per heavy atom. The summed E-state index contributed by atoms with van der Waals surface area (Å²) in [5, 5.41) is 4.28. The van der Waals surface area contributed by atoms with Gasteiger partial charge in [-0.2, -0.15) is 0 Å². The Morgan fingerprint density at radius 2 is 1.86 bits per heavy atom. The molecule has 0 saturated heterocycles. The molecule has 0 aliphatic heterocycles. The molecule has 0 aliphatic rings. The van der Waals surface area contributed by atoms with E-state index in [-0.39, 0.29) is 0 Å². The molecule has 0 fully saturated rings. The summed E-state index contributed by atoms with van der Waals surface area (Å²) in [5.74, 6) is 1.23. The van der Waals surface area contributed by atoms with Gasteiger partial charge < -0.3 is 4.74 Å². The molecule has 5 heteroatoms. The van der Waals surface area contributed by atoms with Crippen molar-refractivity contribution in [1.29, 1.82) is 0 Å². The molecule has 1 aromatic carbocycles. The number of ether oxygens (including phenoxy) is 1. The van der Waals surface area contributed by atoms with E-state index in [9.17, 15) is 0 Å². The highest BCUT2D eigenvalue weighted by Gasteiger charge is 2.12. The highest BCUT2D eigenvalue weighted by Crippen LogP contribution is 2.33. The first kappa shape index (κ1) is 14.5. The third kappa shape index (κ3) is 2.68. The highest BCUT2D eigenvalue weighted by molar-refractivity contribution is 9.10. The number of pyridine rings is 1. The van der Waals surface area contributed by atoms with Crippen LogP contribution >= 0.6 is 27.3 Å². The van der Waals surface area contributed by atoms with E-state index in [1.165, 1.54) is 0 Å². The van der Waals surface area contributed by atoms with E-state index >= 15 is 0 Å². The molecular weight excluding hydrogens is 348 g/mol. The molecule has 3 rings (SSSR count). The Balaban J connectivity index is 2.13. The van der Waals surface area contributed by atoms with Crippen molar-refractivity contribution in [3.05, 3.63) is 39.1 Å². The lowest BCUT2D eigenvalue weighted by atomic mass is 10.2. The van der Waals surface area contributed by atoms with Gasteiger partial charge in [0, 0.05) is 16.7 Å². The van der Waals surface area contributed by atoms with Crippen LogP contribution in [0.1, 0.15) is 24.8 Å². The van der Waals surface area contributed by atoms with Crippen molar-refractivity contribution >= 4 is 38.2 Å². The lowest BCUT2D eigenvalue weighted by Crippen LogP contribution is -1.91. The quantitative estimate of drug-likeness (QED) is 0.637. The van der Waals surface area contributed by atoms with Gasteiger partial charge in [-0.25, -0.2) is 9.97 Å². The summed E-state index contributed by atoms with van der Waals surface area (Å²) in [4.78, 5) is 9.41. The largest absolute Gasteiger partial charge is 0.495 e. The topological polar surface area (TPSA) is 35.0 Å². The van der Waals surface area contributed by atoms with Crippen LogP contribution in [0, 0.1) is 0 Å². The summed E-state index contributed by atoms with van der Waals surface area (Å²) in [5.41, 5.74) is 2.71. The Hall–Kier alpha value is -1.46. The normalized spacial score (nSPS) is 11.3. The molecule has 0 radical (unpaired) electrons. The molecule has 108 valence electrons. The number of hydrogen-bond acceptors (Lipinski definition) is 4. The van der Waals surface area contributed by atoms with E-state index in [2.05, 4.69) is 46.2 Å². The predicted octanol–water partition coefficient (Wildman–Crippen LogP) is 5.25. The number of halogens is 1. The van der Waals surface area contributed by atoms with Crippen molar-refractivity contribution in [3.63, 3.8) is 0 Å². The molecular formula is C16H15BrN2OS. The standard InChI is InChI=1S/C16H15BrN2OS/c1-9(2)16-19-12(8-21-16)11-6-4-10-5-7-13(20-3)14(17)15(10)18-11/h4-9H,1-3H3. The second-order valence-corrected chi connectivity index (χ2v) is 6.76. The molecule has 0 amide bonds. The van der Waals surface area contributed by atoms with Gasteiger partial charge >= 0.3 is 0 Å². The molecule has 0 aliphatic carbocycles. The maximum atomic E-state index is 5.33. The van der Waals surface area contributed by atoms with Gasteiger partial charge in [0.1, 0.15) is 5.75 Å². The molecule has 0 bridgehead atoms. The number of benzene rings is 1. The lowest BCUT2D eigenvalue weighted by Gasteiger charge is -2.07. The van der Waals surface area contributed by atoms with Crippen LogP contribution in [-0.2, 0) is 0 Å². The molecule has 3 nitrogen and oxygen atoms in total. The van der Waals surface area contributed by atoms with E-state index in [1.807, 2.05) is 18.2 Å². The van der Waals surface area contributed by atoms with Crippen LogP contribution in [-0.4, -0.2) is 17.1 Å². The second kappa shape index (κ2) is 5.73. The maximum Gasteiger partial charge on any atom is 0.135 e. The number of aromatic nitrogens is 2. The third-order valence-electron chi connectivity index (χ3n) is 3.26. The maximum absolute atomic E-state index is 5.33. The highest BCUT2D eigenvalue weighted by atomic mass is 79.9. The van der Waals surface area contributed by atoms with Crippen LogP contribution in [0.5, 0.6) is 5.75 Å². The van der Waals surface area contributed by atoms with Crippen LogP contribution in [0.4, 0.5) is 0 Å². The predicted molar refractivity (Wildman–Crippen MR) is 91.2 cm³/mol. The van der Waals surface area contributed by atoms with E-state index in [4.69, 9.17) is 9.72 Å². The molecule has 3 aromatic rings. The Labute approximate surface area is 136 Å². The number of methoxy groups -OCH3 is 1. The summed E-state index contributed by atoms with van der Waals surface area (Å²) >= 11 is 5.25. The molecule has 0 atom stereocenters. The van der Waals surface area contributed by atoms with E-state index in [0.717, 1.165) is 37.5 Å². The zero-order chi connectivity index (χ0) is 15.0. The first-order valence-corrected chi connectivity index (χ1v) is 8.36. The average Bonchev–Trinajstić information content (AvgIpc) is 2.97. The monoisotopic (exact) mass is 362 g/mol. The number of fused-ring (bicyclic) bond motifs is 1. The molecule has 0 unspecified atom stereocenters. The first-order chi connectivity index (χ1) is 10.1. The van der Waals surface area contributed by atoms with Gasteiger partial charge in [-0.1, -0.05) is 19.9 Å². The summed E-state index contributed by atoms with van der Waals surface area (Å²) in [6.07, 6.45) is 0. The number of nitrogens with zero attached hydrogens (tertiary/aromatic N) is 2.